The van der Waals surface area contributed by atoms with Gasteiger partial charge in [-0.1, -0.05) is 50.6 Å². The summed E-state index contributed by atoms with van der Waals surface area (Å²) in [5, 5.41) is 4.29. The maximum absolute atomic E-state index is 6.24. The molecule has 0 saturated heterocycles. The molecule has 1 unspecified atom stereocenters. The summed E-state index contributed by atoms with van der Waals surface area (Å²) in [6.45, 7) is 3.06. The zero-order valence-corrected chi connectivity index (χ0v) is 14.1. The largest absolute Gasteiger partial charge is 0.493 e. The van der Waals surface area contributed by atoms with Crippen LogP contribution >= 0.6 is 11.6 Å². The molecule has 118 valence electrons. The fourth-order valence-corrected chi connectivity index (χ4v) is 3.37. The molecule has 0 bridgehead atoms. The van der Waals surface area contributed by atoms with Gasteiger partial charge >= 0.3 is 0 Å². The van der Waals surface area contributed by atoms with Crippen molar-refractivity contribution in [2.24, 2.45) is 0 Å². The van der Waals surface area contributed by atoms with Gasteiger partial charge in [0, 0.05) is 17.5 Å². The van der Waals surface area contributed by atoms with E-state index < -0.39 is 0 Å². The first-order valence-electron chi connectivity index (χ1n) is 8.36. The van der Waals surface area contributed by atoms with Gasteiger partial charge in [-0.25, -0.2) is 0 Å². The van der Waals surface area contributed by atoms with Gasteiger partial charge in [-0.2, -0.15) is 0 Å². The zero-order chi connectivity index (χ0) is 15.1. The Kier molecular flexibility index (Phi) is 6.85. The van der Waals surface area contributed by atoms with Gasteiger partial charge in [0.1, 0.15) is 5.75 Å². The zero-order valence-electron chi connectivity index (χ0n) is 13.4. The van der Waals surface area contributed by atoms with Crippen molar-refractivity contribution in [3.8, 4) is 5.75 Å². The topological polar surface area (TPSA) is 21.3 Å². The lowest BCUT2D eigenvalue weighted by atomic mass is 9.97. The Bertz CT molecular complexity index is 447. The molecule has 1 N–H and O–H groups in total. The normalized spacial score (nSPS) is 14.8. The Labute approximate surface area is 134 Å². The van der Waals surface area contributed by atoms with Gasteiger partial charge in [0.15, 0.2) is 0 Å². The van der Waals surface area contributed by atoms with Gasteiger partial charge < -0.3 is 10.1 Å². The third-order valence-corrected chi connectivity index (χ3v) is 4.57. The van der Waals surface area contributed by atoms with Gasteiger partial charge in [-0.05, 0) is 43.1 Å². The number of ether oxygens (including phenoxy) is 1. The first-order chi connectivity index (χ1) is 10.2. The lowest BCUT2D eigenvalue weighted by Gasteiger charge is -2.18. The third-order valence-electron chi connectivity index (χ3n) is 4.36. The van der Waals surface area contributed by atoms with Crippen LogP contribution in [0.3, 0.4) is 0 Å². The number of nitrogens with one attached hydrogen (secondary N) is 1. The van der Waals surface area contributed by atoms with Crippen LogP contribution in [0.15, 0.2) is 12.1 Å². The number of likely N-dealkylation sites (N-methyl/N-ethyl adjacent to an activating group) is 1. The standard InChI is InChI=1S/C18H28ClNO/c1-3-4-5-6-7-8-17(20-2)13-15-12-16(19)11-14-9-10-21-18(14)15/h11-12,17,20H,3-10,13H2,1-2H3. The van der Waals surface area contributed by atoms with Crippen molar-refractivity contribution in [1.29, 1.82) is 0 Å². The van der Waals surface area contributed by atoms with Crippen molar-refractivity contribution in [2.75, 3.05) is 13.7 Å². The Morgan fingerprint density at radius 2 is 2.05 bits per heavy atom. The number of unbranched alkanes of at least 4 members (excludes halogenated alkanes) is 4. The van der Waals surface area contributed by atoms with Gasteiger partial charge in [0.25, 0.3) is 0 Å². The third kappa shape index (κ3) is 4.89. The summed E-state index contributed by atoms with van der Waals surface area (Å²) in [5.41, 5.74) is 2.54. The van der Waals surface area contributed by atoms with E-state index in [0.717, 1.165) is 30.2 Å². The minimum Gasteiger partial charge on any atom is -0.493 e. The Morgan fingerprint density at radius 3 is 2.81 bits per heavy atom. The van der Waals surface area contributed by atoms with Gasteiger partial charge in [0.2, 0.25) is 0 Å². The van der Waals surface area contributed by atoms with Crippen molar-refractivity contribution in [2.45, 2.75) is 64.3 Å². The Morgan fingerprint density at radius 1 is 1.24 bits per heavy atom. The van der Waals surface area contributed by atoms with E-state index in [2.05, 4.69) is 25.4 Å². The molecule has 1 heterocycles. The second kappa shape index (κ2) is 8.65. The van der Waals surface area contributed by atoms with Crippen molar-refractivity contribution >= 4 is 11.6 Å². The van der Waals surface area contributed by atoms with E-state index in [1.807, 2.05) is 6.07 Å². The summed E-state index contributed by atoms with van der Waals surface area (Å²) in [6.07, 6.45) is 9.90. The summed E-state index contributed by atoms with van der Waals surface area (Å²) < 4.78 is 5.80. The van der Waals surface area contributed by atoms with Crippen molar-refractivity contribution in [1.82, 2.24) is 5.32 Å². The molecule has 0 aromatic heterocycles. The molecule has 1 aliphatic rings. The van der Waals surface area contributed by atoms with E-state index >= 15 is 0 Å². The molecule has 0 aliphatic carbocycles. The van der Waals surface area contributed by atoms with Crippen LogP contribution in [0.5, 0.6) is 5.75 Å². The molecular weight excluding hydrogens is 282 g/mol. The molecule has 3 heteroatoms. The van der Waals surface area contributed by atoms with E-state index in [0.29, 0.717) is 6.04 Å². The highest BCUT2D eigenvalue weighted by molar-refractivity contribution is 6.30. The Hall–Kier alpha value is -0.730. The number of halogens is 1. The lowest BCUT2D eigenvalue weighted by molar-refractivity contribution is 0.351. The average molecular weight is 310 g/mol. The Balaban J connectivity index is 1.90. The number of benzene rings is 1. The predicted octanol–water partition coefficient (Wildman–Crippen LogP) is 4.77. The van der Waals surface area contributed by atoms with Gasteiger partial charge in [0.05, 0.1) is 6.61 Å². The van der Waals surface area contributed by atoms with Crippen LogP contribution < -0.4 is 10.1 Å². The van der Waals surface area contributed by atoms with Crippen molar-refractivity contribution in [3.05, 3.63) is 28.3 Å². The minimum atomic E-state index is 0.512. The highest BCUT2D eigenvalue weighted by atomic mass is 35.5. The molecular formula is C18H28ClNO. The van der Waals surface area contributed by atoms with E-state index in [4.69, 9.17) is 16.3 Å². The molecule has 1 aromatic carbocycles. The molecule has 1 aliphatic heterocycles. The van der Waals surface area contributed by atoms with Crippen LogP contribution in [0.25, 0.3) is 0 Å². The summed E-state index contributed by atoms with van der Waals surface area (Å²) in [5.74, 6) is 1.09. The highest BCUT2D eigenvalue weighted by Crippen LogP contribution is 2.33. The molecule has 2 nitrogen and oxygen atoms in total. The monoisotopic (exact) mass is 309 g/mol. The van der Waals surface area contributed by atoms with Crippen molar-refractivity contribution in [3.63, 3.8) is 0 Å². The van der Waals surface area contributed by atoms with Gasteiger partial charge in [-0.3, -0.25) is 0 Å². The second-order valence-electron chi connectivity index (χ2n) is 6.04. The van der Waals surface area contributed by atoms with E-state index in [-0.39, 0.29) is 0 Å². The van der Waals surface area contributed by atoms with Crippen LogP contribution in [0.4, 0.5) is 0 Å². The summed E-state index contributed by atoms with van der Waals surface area (Å²) in [6, 6.07) is 4.64. The minimum absolute atomic E-state index is 0.512. The number of fused-ring (bicyclic) bond motifs is 1. The lowest BCUT2D eigenvalue weighted by Crippen LogP contribution is -2.27. The summed E-state index contributed by atoms with van der Waals surface area (Å²) >= 11 is 6.24. The molecule has 1 aromatic rings. The maximum atomic E-state index is 6.24. The molecule has 0 amide bonds. The molecule has 21 heavy (non-hydrogen) atoms. The summed E-state index contributed by atoms with van der Waals surface area (Å²) in [7, 11) is 2.06. The fraction of sp³-hybridized carbons (Fsp3) is 0.667. The molecule has 1 atom stereocenters. The van der Waals surface area contributed by atoms with Crippen LogP contribution in [-0.4, -0.2) is 19.7 Å². The number of rotatable bonds is 9. The highest BCUT2D eigenvalue weighted by Gasteiger charge is 2.19. The first kappa shape index (κ1) is 16.6. The molecule has 2 rings (SSSR count). The van der Waals surface area contributed by atoms with Crippen LogP contribution in [0.2, 0.25) is 5.02 Å². The second-order valence-corrected chi connectivity index (χ2v) is 6.48. The first-order valence-corrected chi connectivity index (χ1v) is 8.73. The number of hydrogen-bond donors (Lipinski definition) is 1. The SMILES string of the molecule is CCCCCCCC(Cc1cc(Cl)cc2c1OCC2)NC. The van der Waals surface area contributed by atoms with Crippen LogP contribution in [-0.2, 0) is 12.8 Å². The summed E-state index contributed by atoms with van der Waals surface area (Å²) in [4.78, 5) is 0. The van der Waals surface area contributed by atoms with E-state index in [9.17, 15) is 0 Å². The van der Waals surface area contributed by atoms with Crippen LogP contribution in [0, 0.1) is 0 Å². The number of hydrogen-bond acceptors (Lipinski definition) is 2. The predicted molar refractivity (Wildman–Crippen MR) is 90.6 cm³/mol. The molecule has 0 fully saturated rings. The van der Waals surface area contributed by atoms with E-state index in [1.165, 1.54) is 49.7 Å². The van der Waals surface area contributed by atoms with Gasteiger partial charge in [-0.15, -0.1) is 0 Å². The smallest absolute Gasteiger partial charge is 0.125 e. The fourth-order valence-electron chi connectivity index (χ4n) is 3.11. The molecule has 0 spiro atoms. The van der Waals surface area contributed by atoms with Crippen molar-refractivity contribution < 1.29 is 4.74 Å². The molecule has 0 radical (unpaired) electrons. The van der Waals surface area contributed by atoms with Crippen LogP contribution in [0.1, 0.15) is 56.6 Å². The quantitative estimate of drug-likeness (QED) is 0.664. The maximum Gasteiger partial charge on any atom is 0.125 e. The molecule has 0 saturated carbocycles. The average Bonchev–Trinajstić information content (AvgIpc) is 2.93. The van der Waals surface area contributed by atoms with E-state index in [1.54, 1.807) is 0 Å².